The highest BCUT2D eigenvalue weighted by Crippen LogP contribution is 2.18. The van der Waals surface area contributed by atoms with Gasteiger partial charge in [-0.2, -0.15) is 0 Å². The highest BCUT2D eigenvalue weighted by Gasteiger charge is 2.21. The molecule has 0 unspecified atom stereocenters. The molecule has 1 fully saturated rings. The molecule has 1 aliphatic rings. The van der Waals surface area contributed by atoms with Gasteiger partial charge in [0.2, 0.25) is 0 Å². The summed E-state index contributed by atoms with van der Waals surface area (Å²) in [5.41, 5.74) is 3.75. The Morgan fingerprint density at radius 3 is 2.59 bits per heavy atom. The van der Waals surface area contributed by atoms with Crippen LogP contribution < -0.4 is 15.0 Å². The first-order valence-corrected chi connectivity index (χ1v) is 9.72. The minimum Gasteiger partial charge on any atom is -0.492 e. The smallest absolute Gasteiger partial charge is 0.317 e. The number of rotatable bonds is 6. The van der Waals surface area contributed by atoms with Crippen LogP contribution in [0.5, 0.6) is 5.75 Å². The van der Waals surface area contributed by atoms with Gasteiger partial charge in [-0.1, -0.05) is 31.2 Å². The molecule has 2 amide bonds. The number of amides is 2. The monoisotopic (exact) mass is 367 g/mol. The van der Waals surface area contributed by atoms with E-state index in [-0.39, 0.29) is 6.03 Å². The average molecular weight is 367 g/mol. The summed E-state index contributed by atoms with van der Waals surface area (Å²) in [6.07, 6.45) is 0.989. The van der Waals surface area contributed by atoms with Gasteiger partial charge in [0.15, 0.2) is 0 Å². The predicted octanol–water partition coefficient (Wildman–Crippen LogP) is 3.47. The largest absolute Gasteiger partial charge is 0.492 e. The first kappa shape index (κ1) is 19.1. The number of aryl methyl sites for hydroxylation is 2. The molecule has 2 aromatic rings. The SMILES string of the molecule is CCc1cccc(OCCNC(=O)N2CCN(c3cccc(C)c3)CC2)c1. The molecule has 144 valence electrons. The number of anilines is 1. The molecular formula is C22H29N3O2. The number of piperazine rings is 1. The highest BCUT2D eigenvalue weighted by molar-refractivity contribution is 5.74. The molecule has 1 aliphatic heterocycles. The third-order valence-corrected chi connectivity index (χ3v) is 4.89. The van der Waals surface area contributed by atoms with Crippen LogP contribution in [0.25, 0.3) is 0 Å². The quantitative estimate of drug-likeness (QED) is 0.795. The molecule has 1 saturated heterocycles. The summed E-state index contributed by atoms with van der Waals surface area (Å²) in [7, 11) is 0. The second-order valence-electron chi connectivity index (χ2n) is 6.89. The topological polar surface area (TPSA) is 44.8 Å². The minimum absolute atomic E-state index is 0.00944. The molecule has 0 spiro atoms. The van der Waals surface area contributed by atoms with Gasteiger partial charge in [0.1, 0.15) is 12.4 Å². The fraction of sp³-hybridized carbons (Fsp3) is 0.409. The summed E-state index contributed by atoms with van der Waals surface area (Å²) in [6.45, 7) is 8.40. The molecular weight excluding hydrogens is 338 g/mol. The van der Waals surface area contributed by atoms with Crippen molar-refractivity contribution in [2.24, 2.45) is 0 Å². The van der Waals surface area contributed by atoms with Crippen LogP contribution in [0, 0.1) is 6.92 Å². The van der Waals surface area contributed by atoms with Crippen LogP contribution in [0.3, 0.4) is 0 Å². The molecule has 5 nitrogen and oxygen atoms in total. The number of hydrogen-bond donors (Lipinski definition) is 1. The molecule has 27 heavy (non-hydrogen) atoms. The number of carbonyl (C=O) groups is 1. The highest BCUT2D eigenvalue weighted by atomic mass is 16.5. The van der Waals surface area contributed by atoms with Gasteiger partial charge in [0.05, 0.1) is 6.54 Å². The van der Waals surface area contributed by atoms with E-state index in [0.29, 0.717) is 13.2 Å². The summed E-state index contributed by atoms with van der Waals surface area (Å²) in [6, 6.07) is 16.6. The number of hydrogen-bond acceptors (Lipinski definition) is 3. The number of benzene rings is 2. The van der Waals surface area contributed by atoms with Gasteiger partial charge in [-0.25, -0.2) is 4.79 Å². The molecule has 1 N–H and O–H groups in total. The lowest BCUT2D eigenvalue weighted by molar-refractivity contribution is 0.191. The molecule has 1 heterocycles. The Labute approximate surface area is 161 Å². The van der Waals surface area contributed by atoms with Gasteiger partial charge in [0, 0.05) is 31.9 Å². The number of carbonyl (C=O) groups excluding carboxylic acids is 1. The van der Waals surface area contributed by atoms with Crippen molar-refractivity contribution in [3.8, 4) is 5.75 Å². The maximum atomic E-state index is 12.3. The third-order valence-electron chi connectivity index (χ3n) is 4.89. The number of nitrogens with zero attached hydrogens (tertiary/aromatic N) is 2. The Balaban J connectivity index is 1.38. The van der Waals surface area contributed by atoms with E-state index < -0.39 is 0 Å². The normalized spacial score (nSPS) is 14.1. The van der Waals surface area contributed by atoms with E-state index in [1.165, 1.54) is 16.8 Å². The van der Waals surface area contributed by atoms with Crippen LogP contribution in [-0.4, -0.2) is 50.3 Å². The molecule has 0 aliphatic carbocycles. The van der Waals surface area contributed by atoms with Gasteiger partial charge in [0.25, 0.3) is 0 Å². The van der Waals surface area contributed by atoms with Crippen LogP contribution in [0.4, 0.5) is 10.5 Å². The van der Waals surface area contributed by atoms with E-state index in [1.807, 2.05) is 23.1 Å². The van der Waals surface area contributed by atoms with Gasteiger partial charge in [-0.3, -0.25) is 0 Å². The number of ether oxygens (including phenoxy) is 1. The minimum atomic E-state index is -0.00944. The predicted molar refractivity (Wildman–Crippen MR) is 110 cm³/mol. The lowest BCUT2D eigenvalue weighted by atomic mass is 10.2. The van der Waals surface area contributed by atoms with Crippen molar-refractivity contribution in [2.75, 3.05) is 44.2 Å². The Morgan fingerprint density at radius 1 is 1.07 bits per heavy atom. The maximum Gasteiger partial charge on any atom is 0.317 e. The summed E-state index contributed by atoms with van der Waals surface area (Å²) >= 11 is 0. The fourth-order valence-corrected chi connectivity index (χ4v) is 3.29. The van der Waals surface area contributed by atoms with Crippen molar-refractivity contribution in [3.05, 3.63) is 59.7 Å². The lowest BCUT2D eigenvalue weighted by Crippen LogP contribution is -2.52. The van der Waals surface area contributed by atoms with Gasteiger partial charge in [-0.05, 0) is 48.7 Å². The Bertz CT molecular complexity index is 755. The van der Waals surface area contributed by atoms with E-state index in [4.69, 9.17) is 4.74 Å². The molecule has 0 atom stereocenters. The summed E-state index contributed by atoms with van der Waals surface area (Å²) in [5.74, 6) is 0.857. The molecule has 0 radical (unpaired) electrons. The van der Waals surface area contributed by atoms with Crippen molar-refractivity contribution < 1.29 is 9.53 Å². The van der Waals surface area contributed by atoms with Crippen molar-refractivity contribution in [3.63, 3.8) is 0 Å². The molecule has 0 aromatic heterocycles. The van der Waals surface area contributed by atoms with Crippen LogP contribution in [-0.2, 0) is 6.42 Å². The first-order valence-electron chi connectivity index (χ1n) is 9.72. The second kappa shape index (κ2) is 9.31. The third kappa shape index (κ3) is 5.39. The fourth-order valence-electron chi connectivity index (χ4n) is 3.29. The van der Waals surface area contributed by atoms with Gasteiger partial charge < -0.3 is 19.9 Å². The van der Waals surface area contributed by atoms with Crippen LogP contribution in [0.15, 0.2) is 48.5 Å². The Kier molecular flexibility index (Phi) is 6.58. The van der Waals surface area contributed by atoms with E-state index in [2.05, 4.69) is 54.4 Å². The van der Waals surface area contributed by atoms with Crippen molar-refractivity contribution in [1.29, 1.82) is 0 Å². The summed E-state index contributed by atoms with van der Waals surface area (Å²) in [5, 5.41) is 2.96. The van der Waals surface area contributed by atoms with Gasteiger partial charge in [-0.15, -0.1) is 0 Å². The van der Waals surface area contributed by atoms with Crippen LogP contribution >= 0.6 is 0 Å². The van der Waals surface area contributed by atoms with E-state index in [9.17, 15) is 4.79 Å². The van der Waals surface area contributed by atoms with E-state index in [0.717, 1.165) is 38.3 Å². The zero-order valence-electron chi connectivity index (χ0n) is 16.3. The first-order chi connectivity index (χ1) is 13.2. The molecule has 0 saturated carbocycles. The standard InChI is InChI=1S/C22H29N3O2/c1-3-19-7-5-9-21(17-19)27-15-10-23-22(26)25-13-11-24(12-14-25)20-8-4-6-18(2)16-20/h4-9,16-17H,3,10-15H2,1-2H3,(H,23,26). The number of urea groups is 1. The van der Waals surface area contributed by atoms with Crippen molar-refractivity contribution >= 4 is 11.7 Å². The summed E-state index contributed by atoms with van der Waals surface area (Å²) in [4.78, 5) is 16.6. The summed E-state index contributed by atoms with van der Waals surface area (Å²) < 4.78 is 5.73. The van der Waals surface area contributed by atoms with Gasteiger partial charge >= 0.3 is 6.03 Å². The number of nitrogens with one attached hydrogen (secondary N) is 1. The molecule has 3 rings (SSSR count). The van der Waals surface area contributed by atoms with Crippen LogP contribution in [0.2, 0.25) is 0 Å². The maximum absolute atomic E-state index is 12.3. The molecule has 0 bridgehead atoms. The zero-order valence-corrected chi connectivity index (χ0v) is 16.3. The second-order valence-corrected chi connectivity index (χ2v) is 6.89. The molecule has 2 aromatic carbocycles. The Morgan fingerprint density at radius 2 is 1.85 bits per heavy atom. The molecule has 5 heteroatoms. The van der Waals surface area contributed by atoms with Crippen molar-refractivity contribution in [1.82, 2.24) is 10.2 Å². The van der Waals surface area contributed by atoms with E-state index >= 15 is 0 Å². The van der Waals surface area contributed by atoms with E-state index in [1.54, 1.807) is 0 Å². The zero-order chi connectivity index (χ0) is 19.1. The van der Waals surface area contributed by atoms with Crippen molar-refractivity contribution in [2.45, 2.75) is 20.3 Å². The lowest BCUT2D eigenvalue weighted by Gasteiger charge is -2.36. The average Bonchev–Trinajstić information content (AvgIpc) is 2.71. The van der Waals surface area contributed by atoms with Crippen LogP contribution in [0.1, 0.15) is 18.1 Å². The Hall–Kier alpha value is -2.69.